The van der Waals surface area contributed by atoms with E-state index in [0.29, 0.717) is 6.54 Å². The molecule has 1 N–H and O–H groups in total. The van der Waals surface area contributed by atoms with Crippen LogP contribution in [0.15, 0.2) is 42.6 Å². The largest absolute Gasteiger partial charge is 0.291 e. The molecule has 0 amide bonds. The zero-order valence-electron chi connectivity index (χ0n) is 13.2. The summed E-state index contributed by atoms with van der Waals surface area (Å²) in [6, 6.07) is 12.3. The molecule has 124 valence electrons. The molecule has 0 fully saturated rings. The lowest BCUT2D eigenvalue weighted by Crippen LogP contribution is -2.42. The van der Waals surface area contributed by atoms with Gasteiger partial charge in [0.15, 0.2) is 0 Å². The molecule has 0 radical (unpaired) electrons. The Morgan fingerprint density at radius 2 is 2.04 bits per heavy atom. The van der Waals surface area contributed by atoms with Crippen LogP contribution in [0.2, 0.25) is 0 Å². The van der Waals surface area contributed by atoms with Crippen LogP contribution in [0.25, 0.3) is 0 Å². The van der Waals surface area contributed by atoms with E-state index in [1.165, 1.54) is 5.56 Å². The maximum Gasteiger partial charge on any atom is 0.211 e. The first-order valence-corrected chi connectivity index (χ1v) is 9.48. The lowest BCUT2D eigenvalue weighted by atomic mass is 10.1. The third kappa shape index (κ3) is 3.99. The van der Waals surface area contributed by atoms with Crippen molar-refractivity contribution in [1.29, 1.82) is 0 Å². The van der Waals surface area contributed by atoms with Crippen LogP contribution in [-0.2, 0) is 23.1 Å². The van der Waals surface area contributed by atoms with Gasteiger partial charge in [0.2, 0.25) is 10.0 Å². The number of nitrogens with zero attached hydrogens (tertiary/aromatic N) is 3. The maximum absolute atomic E-state index is 11.7. The van der Waals surface area contributed by atoms with Crippen LogP contribution in [0.1, 0.15) is 24.2 Å². The quantitative estimate of drug-likeness (QED) is 0.867. The summed E-state index contributed by atoms with van der Waals surface area (Å²) in [6.45, 7) is 4.46. The predicted octanol–water partition coefficient (Wildman–Crippen LogP) is 1.38. The highest BCUT2D eigenvalue weighted by Gasteiger charge is 2.26. The van der Waals surface area contributed by atoms with Gasteiger partial charge in [0.25, 0.3) is 0 Å². The molecule has 0 bridgehead atoms. The van der Waals surface area contributed by atoms with E-state index in [4.69, 9.17) is 0 Å². The summed E-state index contributed by atoms with van der Waals surface area (Å²) in [4.78, 5) is 2.33. The van der Waals surface area contributed by atoms with Gasteiger partial charge < -0.3 is 0 Å². The average molecular weight is 334 g/mol. The molecule has 23 heavy (non-hydrogen) atoms. The Labute approximate surface area is 137 Å². The molecule has 2 aromatic rings. The molecule has 2 heterocycles. The number of hydrogen-bond donors (Lipinski definition) is 1. The zero-order valence-corrected chi connectivity index (χ0v) is 14.0. The second-order valence-electron chi connectivity index (χ2n) is 5.83. The highest BCUT2D eigenvalue weighted by molar-refractivity contribution is 7.89. The van der Waals surface area contributed by atoms with Crippen molar-refractivity contribution in [2.45, 2.75) is 26.1 Å². The van der Waals surface area contributed by atoms with E-state index in [1.54, 1.807) is 13.1 Å². The van der Waals surface area contributed by atoms with E-state index in [2.05, 4.69) is 26.9 Å². The zero-order chi connectivity index (χ0) is 16.3. The van der Waals surface area contributed by atoms with E-state index in [1.807, 2.05) is 28.9 Å². The van der Waals surface area contributed by atoms with Crippen LogP contribution in [0, 0.1) is 0 Å². The van der Waals surface area contributed by atoms with Crippen LogP contribution in [0.4, 0.5) is 0 Å². The van der Waals surface area contributed by atoms with Crippen LogP contribution in [-0.4, -0.2) is 41.9 Å². The Morgan fingerprint density at radius 1 is 1.26 bits per heavy atom. The van der Waals surface area contributed by atoms with Gasteiger partial charge in [-0.15, -0.1) is 0 Å². The molecule has 0 saturated heterocycles. The van der Waals surface area contributed by atoms with Gasteiger partial charge in [-0.05, 0) is 18.6 Å². The minimum Gasteiger partial charge on any atom is -0.291 e. The third-order valence-electron chi connectivity index (χ3n) is 4.12. The normalized spacial score (nSPS) is 18.7. The number of nitrogens with one attached hydrogen (secondary N) is 1. The summed E-state index contributed by atoms with van der Waals surface area (Å²) in [6.07, 6.45) is 1.78. The molecule has 0 unspecified atom stereocenters. The van der Waals surface area contributed by atoms with Crippen molar-refractivity contribution in [2.24, 2.45) is 0 Å². The van der Waals surface area contributed by atoms with E-state index < -0.39 is 10.0 Å². The molecule has 6 nitrogen and oxygen atoms in total. The average Bonchev–Trinajstić information content (AvgIpc) is 3.02. The number of sulfonamides is 1. The van der Waals surface area contributed by atoms with Gasteiger partial charge in [0, 0.05) is 32.4 Å². The van der Waals surface area contributed by atoms with Gasteiger partial charge in [0.05, 0.1) is 17.5 Å². The Balaban J connectivity index is 1.72. The molecule has 1 aromatic heterocycles. The van der Waals surface area contributed by atoms with Gasteiger partial charge in [-0.25, -0.2) is 13.1 Å². The van der Waals surface area contributed by atoms with E-state index >= 15 is 0 Å². The number of benzene rings is 1. The Morgan fingerprint density at radius 3 is 2.78 bits per heavy atom. The monoisotopic (exact) mass is 334 g/mol. The molecule has 1 atom stereocenters. The van der Waals surface area contributed by atoms with E-state index in [9.17, 15) is 8.42 Å². The van der Waals surface area contributed by atoms with E-state index in [0.717, 1.165) is 25.3 Å². The molecule has 7 heteroatoms. The second kappa shape index (κ2) is 6.82. The minimum atomic E-state index is -3.19. The van der Waals surface area contributed by atoms with Gasteiger partial charge >= 0.3 is 0 Å². The van der Waals surface area contributed by atoms with Gasteiger partial charge in [-0.2, -0.15) is 5.10 Å². The van der Waals surface area contributed by atoms with Crippen molar-refractivity contribution in [2.75, 3.05) is 18.8 Å². The van der Waals surface area contributed by atoms with Crippen LogP contribution in [0.5, 0.6) is 0 Å². The number of rotatable bonds is 6. The van der Waals surface area contributed by atoms with Crippen molar-refractivity contribution >= 4 is 10.0 Å². The summed E-state index contributed by atoms with van der Waals surface area (Å²) in [5.74, 6) is 0.0966. The molecule has 0 spiro atoms. The standard InChI is InChI=1S/C16H22N4O2S/c1-2-23(21,22)18-10-16-13-19(11-14-6-4-3-5-7-14)12-15-8-9-17-20(15)16/h3-9,16,18H,2,10-13H2,1H3/t16-/m1/s1. The Bertz CT molecular complexity index is 742. The summed E-state index contributed by atoms with van der Waals surface area (Å²) in [7, 11) is -3.19. The molecule has 0 aliphatic carbocycles. The van der Waals surface area contributed by atoms with Gasteiger partial charge in [0.1, 0.15) is 0 Å². The third-order valence-corrected chi connectivity index (χ3v) is 5.49. The number of aromatic nitrogens is 2. The molecule has 1 aromatic carbocycles. The molecule has 1 aliphatic rings. The van der Waals surface area contributed by atoms with Crippen molar-refractivity contribution in [3.05, 3.63) is 53.9 Å². The van der Waals surface area contributed by atoms with Crippen LogP contribution in [0.3, 0.4) is 0 Å². The highest BCUT2D eigenvalue weighted by atomic mass is 32.2. The van der Waals surface area contributed by atoms with Crippen molar-refractivity contribution in [3.63, 3.8) is 0 Å². The number of hydrogen-bond acceptors (Lipinski definition) is 4. The van der Waals surface area contributed by atoms with Crippen molar-refractivity contribution < 1.29 is 8.42 Å². The van der Waals surface area contributed by atoms with Crippen LogP contribution >= 0.6 is 0 Å². The highest BCUT2D eigenvalue weighted by Crippen LogP contribution is 2.21. The smallest absolute Gasteiger partial charge is 0.211 e. The first kappa shape index (κ1) is 16.2. The van der Waals surface area contributed by atoms with Crippen LogP contribution < -0.4 is 4.72 Å². The second-order valence-corrected chi connectivity index (χ2v) is 7.92. The van der Waals surface area contributed by atoms with E-state index in [-0.39, 0.29) is 11.8 Å². The first-order valence-electron chi connectivity index (χ1n) is 7.83. The topological polar surface area (TPSA) is 67.2 Å². The molecule has 0 saturated carbocycles. The lowest BCUT2D eigenvalue weighted by molar-refractivity contribution is 0.168. The SMILES string of the molecule is CCS(=O)(=O)NC[C@@H]1CN(Cc2ccccc2)Cc2ccnn21. The van der Waals surface area contributed by atoms with Crippen molar-refractivity contribution in [1.82, 2.24) is 19.4 Å². The fraction of sp³-hybridized carbons (Fsp3) is 0.438. The summed E-state index contributed by atoms with van der Waals surface area (Å²) >= 11 is 0. The van der Waals surface area contributed by atoms with Gasteiger partial charge in [-0.1, -0.05) is 30.3 Å². The number of fused-ring (bicyclic) bond motifs is 1. The summed E-state index contributed by atoms with van der Waals surface area (Å²) in [5, 5.41) is 4.36. The molecular weight excluding hydrogens is 312 g/mol. The minimum absolute atomic E-state index is 0.0128. The fourth-order valence-corrected chi connectivity index (χ4v) is 3.55. The maximum atomic E-state index is 11.7. The lowest BCUT2D eigenvalue weighted by Gasteiger charge is -2.34. The molecule has 3 rings (SSSR count). The first-order chi connectivity index (χ1) is 11.1. The predicted molar refractivity (Wildman–Crippen MR) is 89.3 cm³/mol. The summed E-state index contributed by atoms with van der Waals surface area (Å²) in [5.41, 5.74) is 2.38. The Kier molecular flexibility index (Phi) is 4.79. The summed E-state index contributed by atoms with van der Waals surface area (Å²) < 4.78 is 28.0. The molecule has 1 aliphatic heterocycles. The fourth-order valence-electron chi connectivity index (χ4n) is 2.90. The Hall–Kier alpha value is -1.70. The molecular formula is C16H22N4O2S. The van der Waals surface area contributed by atoms with Gasteiger partial charge in [-0.3, -0.25) is 9.58 Å². The van der Waals surface area contributed by atoms with Crippen molar-refractivity contribution in [3.8, 4) is 0 Å².